The van der Waals surface area contributed by atoms with Gasteiger partial charge in [-0.1, -0.05) is 42.1 Å². The summed E-state index contributed by atoms with van der Waals surface area (Å²) in [5, 5.41) is 3.25. The molecule has 3 rings (SSSR count). The van der Waals surface area contributed by atoms with Gasteiger partial charge in [0, 0.05) is 22.5 Å². The van der Waals surface area contributed by atoms with Crippen LogP contribution in [0.2, 0.25) is 0 Å². The van der Waals surface area contributed by atoms with Crippen molar-refractivity contribution >= 4 is 23.4 Å². The van der Waals surface area contributed by atoms with E-state index < -0.39 is 0 Å². The van der Waals surface area contributed by atoms with E-state index in [4.69, 9.17) is 4.42 Å². The topological polar surface area (TPSA) is 45.5 Å². The Kier molecular flexibility index (Phi) is 5.80. The number of hydrogen-bond donors (Lipinski definition) is 1. The zero-order valence-corrected chi connectivity index (χ0v) is 14.8. The number of para-hydroxylation sites is 1. The van der Waals surface area contributed by atoms with Crippen molar-refractivity contribution in [1.82, 2.24) is 4.90 Å². The molecule has 0 unspecified atom stereocenters. The zero-order valence-electron chi connectivity index (χ0n) is 14.0. The van der Waals surface area contributed by atoms with Crippen molar-refractivity contribution in [2.24, 2.45) is 0 Å². The molecule has 0 spiro atoms. The highest BCUT2D eigenvalue weighted by molar-refractivity contribution is 7.99. The number of carbonyl (C=O) groups is 1. The van der Waals surface area contributed by atoms with Crippen molar-refractivity contribution in [3.8, 4) is 0 Å². The van der Waals surface area contributed by atoms with E-state index in [1.54, 1.807) is 30.0 Å². The van der Waals surface area contributed by atoms with Crippen LogP contribution < -0.4 is 5.32 Å². The molecule has 128 valence electrons. The molecule has 0 fully saturated rings. The molecule has 25 heavy (non-hydrogen) atoms. The third-order valence-corrected chi connectivity index (χ3v) is 4.77. The lowest BCUT2D eigenvalue weighted by Gasteiger charge is -2.17. The molecule has 0 atom stereocenters. The van der Waals surface area contributed by atoms with Gasteiger partial charge in [-0.05, 0) is 36.4 Å². The van der Waals surface area contributed by atoms with Crippen molar-refractivity contribution < 1.29 is 9.21 Å². The molecule has 0 saturated heterocycles. The van der Waals surface area contributed by atoms with Gasteiger partial charge in [-0.25, -0.2) is 0 Å². The van der Waals surface area contributed by atoms with Crippen LogP contribution in [0.4, 0.5) is 5.69 Å². The van der Waals surface area contributed by atoms with Crippen molar-refractivity contribution in [2.75, 3.05) is 18.9 Å². The van der Waals surface area contributed by atoms with Crippen molar-refractivity contribution in [3.63, 3.8) is 0 Å². The Bertz CT molecular complexity index is 804. The largest absolute Gasteiger partial charge is 0.467 e. The fraction of sp³-hybridized carbons (Fsp3) is 0.150. The van der Waals surface area contributed by atoms with Gasteiger partial charge < -0.3 is 14.6 Å². The van der Waals surface area contributed by atoms with E-state index in [-0.39, 0.29) is 12.5 Å². The Morgan fingerprint density at radius 1 is 1.04 bits per heavy atom. The zero-order chi connectivity index (χ0) is 17.5. The summed E-state index contributed by atoms with van der Waals surface area (Å²) >= 11 is 1.68. The van der Waals surface area contributed by atoms with Crippen LogP contribution in [0, 0.1) is 0 Å². The Labute approximate surface area is 151 Å². The number of amides is 1. The number of rotatable bonds is 7. The summed E-state index contributed by atoms with van der Waals surface area (Å²) in [6.07, 6.45) is 1.61. The highest BCUT2D eigenvalue weighted by atomic mass is 32.2. The van der Waals surface area contributed by atoms with E-state index in [0.29, 0.717) is 6.54 Å². The third kappa shape index (κ3) is 4.90. The van der Waals surface area contributed by atoms with Crippen LogP contribution in [0.15, 0.2) is 87.2 Å². The summed E-state index contributed by atoms with van der Waals surface area (Å²) in [5.74, 6) is 0.784. The lowest BCUT2D eigenvalue weighted by molar-refractivity contribution is -0.128. The molecule has 0 aliphatic carbocycles. The van der Waals surface area contributed by atoms with E-state index >= 15 is 0 Å². The molecule has 0 aliphatic heterocycles. The number of likely N-dealkylation sites (N-methyl/N-ethyl adjacent to an activating group) is 1. The molecule has 5 heteroatoms. The second-order valence-corrected chi connectivity index (χ2v) is 6.71. The quantitative estimate of drug-likeness (QED) is 0.680. The van der Waals surface area contributed by atoms with Crippen molar-refractivity contribution in [2.45, 2.75) is 16.3 Å². The molecule has 1 amide bonds. The van der Waals surface area contributed by atoms with Gasteiger partial charge in [0.25, 0.3) is 0 Å². The molecular weight excluding hydrogens is 332 g/mol. The van der Waals surface area contributed by atoms with E-state index in [0.717, 1.165) is 21.2 Å². The maximum Gasteiger partial charge on any atom is 0.242 e. The van der Waals surface area contributed by atoms with Crippen LogP contribution >= 0.6 is 11.8 Å². The van der Waals surface area contributed by atoms with Crippen molar-refractivity contribution in [1.29, 1.82) is 0 Å². The second-order valence-electron chi connectivity index (χ2n) is 5.59. The normalized spacial score (nSPS) is 10.4. The van der Waals surface area contributed by atoms with Gasteiger partial charge in [-0.3, -0.25) is 4.79 Å². The fourth-order valence-electron chi connectivity index (χ4n) is 2.35. The van der Waals surface area contributed by atoms with E-state index in [2.05, 4.69) is 23.5 Å². The first-order chi connectivity index (χ1) is 12.2. The predicted molar refractivity (Wildman–Crippen MR) is 101 cm³/mol. The van der Waals surface area contributed by atoms with Gasteiger partial charge in [0.2, 0.25) is 5.91 Å². The monoisotopic (exact) mass is 352 g/mol. The van der Waals surface area contributed by atoms with Crippen molar-refractivity contribution in [3.05, 3.63) is 78.8 Å². The van der Waals surface area contributed by atoms with Crippen LogP contribution in [0.5, 0.6) is 0 Å². The molecule has 0 saturated carbocycles. The highest BCUT2D eigenvalue weighted by Gasteiger charge is 2.11. The summed E-state index contributed by atoms with van der Waals surface area (Å²) in [6, 6.07) is 21.9. The number of carbonyl (C=O) groups excluding carboxylic acids is 1. The van der Waals surface area contributed by atoms with Crippen LogP contribution in [0.3, 0.4) is 0 Å². The van der Waals surface area contributed by atoms with E-state index in [1.807, 2.05) is 48.5 Å². The summed E-state index contributed by atoms with van der Waals surface area (Å²) in [4.78, 5) is 16.2. The van der Waals surface area contributed by atoms with E-state index in [1.165, 1.54) is 0 Å². The maximum absolute atomic E-state index is 12.3. The maximum atomic E-state index is 12.3. The minimum atomic E-state index is 0.0101. The predicted octanol–water partition coefficient (Wildman–Crippen LogP) is 4.50. The minimum Gasteiger partial charge on any atom is -0.467 e. The number of hydrogen-bond acceptors (Lipinski definition) is 4. The second kappa shape index (κ2) is 8.44. The molecule has 1 N–H and O–H groups in total. The number of furan rings is 1. The highest BCUT2D eigenvalue weighted by Crippen LogP contribution is 2.33. The molecule has 1 heterocycles. The molecule has 1 aromatic heterocycles. The van der Waals surface area contributed by atoms with Gasteiger partial charge >= 0.3 is 0 Å². The number of anilines is 1. The summed E-state index contributed by atoms with van der Waals surface area (Å²) in [5.41, 5.74) is 0.955. The Morgan fingerprint density at radius 2 is 1.80 bits per heavy atom. The third-order valence-electron chi connectivity index (χ3n) is 3.69. The average molecular weight is 352 g/mol. The van der Waals surface area contributed by atoms with Crippen LogP contribution in [-0.4, -0.2) is 24.4 Å². The van der Waals surface area contributed by atoms with Crippen LogP contribution in [0.25, 0.3) is 0 Å². The van der Waals surface area contributed by atoms with Gasteiger partial charge in [0.15, 0.2) is 0 Å². The molecule has 0 radical (unpaired) electrons. The first kappa shape index (κ1) is 17.2. The Morgan fingerprint density at radius 3 is 2.56 bits per heavy atom. The van der Waals surface area contributed by atoms with Crippen LogP contribution in [0.1, 0.15) is 5.76 Å². The standard InChI is InChI=1S/C20H20N2O2S/c1-22(15-16-8-7-13-24-16)20(23)14-21-18-11-5-6-12-19(18)25-17-9-3-2-4-10-17/h2-13,21H,14-15H2,1H3. The van der Waals surface area contributed by atoms with Gasteiger partial charge in [0.05, 0.1) is 19.4 Å². The first-order valence-electron chi connectivity index (χ1n) is 8.04. The molecule has 2 aromatic carbocycles. The molecule has 3 aromatic rings. The number of nitrogens with one attached hydrogen (secondary N) is 1. The molecule has 4 nitrogen and oxygen atoms in total. The summed E-state index contributed by atoms with van der Waals surface area (Å²) in [6.45, 7) is 0.706. The molecule has 0 bridgehead atoms. The minimum absolute atomic E-state index is 0.0101. The number of nitrogens with zero attached hydrogens (tertiary/aromatic N) is 1. The Balaban J connectivity index is 1.60. The first-order valence-corrected chi connectivity index (χ1v) is 8.86. The lowest BCUT2D eigenvalue weighted by atomic mass is 10.3. The lowest BCUT2D eigenvalue weighted by Crippen LogP contribution is -2.31. The fourth-order valence-corrected chi connectivity index (χ4v) is 3.29. The van der Waals surface area contributed by atoms with Gasteiger partial charge in [0.1, 0.15) is 5.76 Å². The number of benzene rings is 2. The van der Waals surface area contributed by atoms with E-state index in [9.17, 15) is 4.79 Å². The summed E-state index contributed by atoms with van der Waals surface area (Å²) in [7, 11) is 1.77. The molecular formula is C20H20N2O2S. The SMILES string of the molecule is CN(Cc1ccco1)C(=O)CNc1ccccc1Sc1ccccc1. The Hall–Kier alpha value is -2.66. The van der Waals surface area contributed by atoms with Gasteiger partial charge in [-0.2, -0.15) is 0 Å². The van der Waals surface area contributed by atoms with Crippen LogP contribution in [-0.2, 0) is 11.3 Å². The smallest absolute Gasteiger partial charge is 0.242 e. The average Bonchev–Trinajstić information content (AvgIpc) is 3.14. The van der Waals surface area contributed by atoms with Gasteiger partial charge in [-0.15, -0.1) is 0 Å². The summed E-state index contributed by atoms with van der Waals surface area (Å²) < 4.78 is 5.28. The molecule has 0 aliphatic rings.